The number of benzene rings is 1. The van der Waals surface area contributed by atoms with E-state index < -0.39 is 0 Å². The second-order valence-electron chi connectivity index (χ2n) is 4.13. The predicted molar refractivity (Wildman–Crippen MR) is 72.7 cm³/mol. The monoisotopic (exact) mass is 262 g/mol. The van der Waals surface area contributed by atoms with Gasteiger partial charge < -0.3 is 10.5 Å². The molecule has 1 heterocycles. The Bertz CT molecular complexity index is 485. The molecule has 0 spiro atoms. The molecule has 0 aliphatic rings. The van der Waals surface area contributed by atoms with Gasteiger partial charge in [-0.2, -0.15) is 0 Å². The van der Waals surface area contributed by atoms with E-state index >= 15 is 0 Å². The van der Waals surface area contributed by atoms with Crippen molar-refractivity contribution >= 4 is 11.6 Å². The summed E-state index contributed by atoms with van der Waals surface area (Å²) in [6.45, 7) is 1.92. The van der Waals surface area contributed by atoms with Gasteiger partial charge in [-0.15, -0.1) is 0 Å². The molecule has 0 amide bonds. The smallest absolute Gasteiger partial charge is 0.139 e. The summed E-state index contributed by atoms with van der Waals surface area (Å²) in [6, 6.07) is 10.9. The third-order valence-corrected chi connectivity index (χ3v) is 2.84. The lowest BCUT2D eigenvalue weighted by Crippen LogP contribution is -2.29. The van der Waals surface area contributed by atoms with Crippen LogP contribution in [0.2, 0.25) is 5.02 Å². The lowest BCUT2D eigenvalue weighted by Gasteiger charge is -2.22. The van der Waals surface area contributed by atoms with Crippen molar-refractivity contribution in [2.24, 2.45) is 5.73 Å². The molecule has 0 radical (unpaired) electrons. The minimum atomic E-state index is -0.200. The first-order valence-electron chi connectivity index (χ1n) is 5.74. The van der Waals surface area contributed by atoms with E-state index in [4.69, 9.17) is 22.1 Å². The molecule has 0 saturated heterocycles. The lowest BCUT2D eigenvalue weighted by atomic mass is 10.1. The van der Waals surface area contributed by atoms with Crippen molar-refractivity contribution < 1.29 is 4.74 Å². The lowest BCUT2D eigenvalue weighted by molar-refractivity contribution is 0.180. The van der Waals surface area contributed by atoms with Crippen LogP contribution in [0.1, 0.15) is 18.6 Å². The van der Waals surface area contributed by atoms with Crippen LogP contribution in [0.25, 0.3) is 0 Å². The van der Waals surface area contributed by atoms with Gasteiger partial charge in [0.1, 0.15) is 11.9 Å². The molecule has 0 saturated carbocycles. The second-order valence-corrected chi connectivity index (χ2v) is 4.57. The van der Waals surface area contributed by atoms with Gasteiger partial charge in [-0.3, -0.25) is 4.98 Å². The van der Waals surface area contributed by atoms with Crippen LogP contribution >= 0.6 is 11.6 Å². The third kappa shape index (κ3) is 3.22. The van der Waals surface area contributed by atoms with Crippen LogP contribution in [0.3, 0.4) is 0 Å². The molecule has 18 heavy (non-hydrogen) atoms. The van der Waals surface area contributed by atoms with Crippen LogP contribution in [-0.4, -0.2) is 11.0 Å². The van der Waals surface area contributed by atoms with Gasteiger partial charge in [0.05, 0.1) is 0 Å². The molecule has 1 aromatic carbocycles. The minimum Gasteiger partial charge on any atom is -0.484 e. The van der Waals surface area contributed by atoms with E-state index in [9.17, 15) is 0 Å². The number of aromatic nitrogens is 1. The average molecular weight is 263 g/mol. The molecule has 0 fully saturated rings. The fraction of sp³-hybridized carbons (Fsp3) is 0.214. The van der Waals surface area contributed by atoms with Crippen LogP contribution < -0.4 is 10.5 Å². The van der Waals surface area contributed by atoms with Crippen LogP contribution in [0, 0.1) is 0 Å². The SMILES string of the molecule is CC(N)C(Oc1ccc(Cl)cc1)c1ccncc1. The molecule has 0 bridgehead atoms. The Labute approximate surface area is 112 Å². The Balaban J connectivity index is 2.19. The highest BCUT2D eigenvalue weighted by Crippen LogP contribution is 2.24. The summed E-state index contributed by atoms with van der Waals surface area (Å²) in [5.41, 5.74) is 6.98. The van der Waals surface area contributed by atoms with Crippen molar-refractivity contribution in [2.45, 2.75) is 19.1 Å². The summed E-state index contributed by atoms with van der Waals surface area (Å²) in [5, 5.41) is 0.684. The summed E-state index contributed by atoms with van der Waals surface area (Å²) in [4.78, 5) is 3.99. The Hall–Kier alpha value is -1.58. The predicted octanol–water partition coefficient (Wildman–Crippen LogP) is 3.20. The molecule has 2 atom stereocenters. The first-order valence-corrected chi connectivity index (χ1v) is 6.12. The van der Waals surface area contributed by atoms with Crippen molar-refractivity contribution in [1.29, 1.82) is 0 Å². The summed E-state index contributed by atoms with van der Waals surface area (Å²) in [7, 11) is 0. The standard InChI is InChI=1S/C14H15ClN2O/c1-10(16)14(11-6-8-17-9-7-11)18-13-4-2-12(15)3-5-13/h2-10,14H,16H2,1H3. The molecule has 2 N–H and O–H groups in total. The zero-order chi connectivity index (χ0) is 13.0. The van der Waals surface area contributed by atoms with E-state index in [2.05, 4.69) is 4.98 Å². The van der Waals surface area contributed by atoms with Crippen LogP contribution in [-0.2, 0) is 0 Å². The summed E-state index contributed by atoms with van der Waals surface area (Å²) in [6.07, 6.45) is 3.26. The van der Waals surface area contributed by atoms with Gasteiger partial charge in [0.25, 0.3) is 0 Å². The number of ether oxygens (including phenoxy) is 1. The van der Waals surface area contributed by atoms with E-state index in [1.807, 2.05) is 31.2 Å². The largest absolute Gasteiger partial charge is 0.484 e. The first-order chi connectivity index (χ1) is 8.66. The molecule has 2 rings (SSSR count). The molecule has 4 heteroatoms. The van der Waals surface area contributed by atoms with Gasteiger partial charge >= 0.3 is 0 Å². The maximum absolute atomic E-state index is 5.97. The molecule has 0 aliphatic carbocycles. The maximum atomic E-state index is 5.97. The van der Waals surface area contributed by atoms with Crippen molar-refractivity contribution in [2.75, 3.05) is 0 Å². The molecule has 3 nitrogen and oxygen atoms in total. The van der Waals surface area contributed by atoms with E-state index in [0.717, 1.165) is 11.3 Å². The van der Waals surface area contributed by atoms with E-state index in [0.29, 0.717) is 5.02 Å². The molecular formula is C14H15ClN2O. The van der Waals surface area contributed by atoms with Crippen molar-refractivity contribution in [1.82, 2.24) is 4.98 Å². The number of nitrogens with zero attached hydrogens (tertiary/aromatic N) is 1. The van der Waals surface area contributed by atoms with Crippen LogP contribution in [0.5, 0.6) is 5.75 Å². The summed E-state index contributed by atoms with van der Waals surface area (Å²) < 4.78 is 5.91. The quantitative estimate of drug-likeness (QED) is 0.920. The maximum Gasteiger partial charge on any atom is 0.139 e. The number of hydrogen-bond acceptors (Lipinski definition) is 3. The first kappa shape index (κ1) is 12.9. The van der Waals surface area contributed by atoms with Gasteiger partial charge in [0, 0.05) is 23.5 Å². The number of hydrogen-bond donors (Lipinski definition) is 1. The fourth-order valence-electron chi connectivity index (χ4n) is 1.69. The minimum absolute atomic E-state index is 0.122. The summed E-state index contributed by atoms with van der Waals surface area (Å²) >= 11 is 5.84. The number of nitrogens with two attached hydrogens (primary N) is 1. The number of halogens is 1. The molecule has 2 aromatic rings. The fourth-order valence-corrected chi connectivity index (χ4v) is 1.82. The van der Waals surface area contributed by atoms with Crippen LogP contribution in [0.15, 0.2) is 48.8 Å². The Morgan fingerprint density at radius 2 is 1.72 bits per heavy atom. The van der Waals surface area contributed by atoms with Gasteiger partial charge in [0.15, 0.2) is 0 Å². The third-order valence-electron chi connectivity index (χ3n) is 2.59. The molecule has 2 unspecified atom stereocenters. The van der Waals surface area contributed by atoms with Crippen molar-refractivity contribution in [3.63, 3.8) is 0 Å². The highest BCUT2D eigenvalue weighted by molar-refractivity contribution is 6.30. The van der Waals surface area contributed by atoms with Gasteiger partial charge in [-0.25, -0.2) is 0 Å². The Morgan fingerprint density at radius 3 is 2.28 bits per heavy atom. The topological polar surface area (TPSA) is 48.1 Å². The van der Waals surface area contributed by atoms with E-state index in [-0.39, 0.29) is 12.1 Å². The van der Waals surface area contributed by atoms with Crippen LogP contribution in [0.4, 0.5) is 0 Å². The summed E-state index contributed by atoms with van der Waals surface area (Å²) in [5.74, 6) is 0.749. The molecule has 94 valence electrons. The van der Waals surface area contributed by atoms with Crippen molar-refractivity contribution in [3.05, 3.63) is 59.4 Å². The molecular weight excluding hydrogens is 248 g/mol. The number of pyridine rings is 1. The second kappa shape index (κ2) is 5.85. The Morgan fingerprint density at radius 1 is 1.11 bits per heavy atom. The Kier molecular flexibility index (Phi) is 4.18. The zero-order valence-corrected chi connectivity index (χ0v) is 10.8. The number of rotatable bonds is 4. The molecule has 0 aliphatic heterocycles. The van der Waals surface area contributed by atoms with Gasteiger partial charge in [-0.1, -0.05) is 11.6 Å². The van der Waals surface area contributed by atoms with Gasteiger partial charge in [0.2, 0.25) is 0 Å². The van der Waals surface area contributed by atoms with Crippen molar-refractivity contribution in [3.8, 4) is 5.75 Å². The van der Waals surface area contributed by atoms with Gasteiger partial charge in [-0.05, 0) is 48.9 Å². The normalized spacial score (nSPS) is 13.9. The highest BCUT2D eigenvalue weighted by atomic mass is 35.5. The van der Waals surface area contributed by atoms with E-state index in [1.54, 1.807) is 24.5 Å². The highest BCUT2D eigenvalue weighted by Gasteiger charge is 2.17. The zero-order valence-electron chi connectivity index (χ0n) is 10.1. The average Bonchev–Trinajstić information content (AvgIpc) is 2.38. The molecule has 1 aromatic heterocycles. The van der Waals surface area contributed by atoms with E-state index in [1.165, 1.54) is 0 Å².